The minimum atomic E-state index is -9.00. The molecule has 0 atom stereocenters. The molecule has 0 aliphatic rings. The zero-order valence-electron chi connectivity index (χ0n) is 29.0. The summed E-state index contributed by atoms with van der Waals surface area (Å²) in [6, 6.07) is 0. The first-order valence-electron chi connectivity index (χ1n) is 17.4. The molecule has 0 aliphatic heterocycles. The van der Waals surface area contributed by atoms with Crippen molar-refractivity contribution in [2.24, 2.45) is 0 Å². The molecular formula is C32H46F20O2. The Balaban J connectivity index is 5.95. The Labute approximate surface area is 299 Å². The minimum absolute atomic E-state index is 0.0429. The number of hydrogen-bond donors (Lipinski definition) is 2. The molecule has 0 rings (SSSR count). The van der Waals surface area contributed by atoms with E-state index in [2.05, 4.69) is 0 Å². The molecule has 54 heavy (non-hydrogen) atoms. The molecule has 0 saturated heterocycles. The summed E-state index contributed by atoms with van der Waals surface area (Å²) in [4.78, 5) is 0. The van der Waals surface area contributed by atoms with E-state index in [0.717, 1.165) is 0 Å². The van der Waals surface area contributed by atoms with Crippen LogP contribution in [0.5, 0.6) is 0 Å². The standard InChI is InChI=1S/C32H46F20O2/c33-23(34,19-15-11-7-3-1-5-9-13-17-21-53)25(37,38)27(41,42)29(45,46)31(49,50)32(51,52)30(47,48)28(43,44)26(39,40)24(35,36)20-16-12-8-4-2-6-10-14-18-22-54/h53-54H,1-22H2. The first kappa shape index (κ1) is 52.5. The third-order valence-electron chi connectivity index (χ3n) is 8.98. The number of rotatable bonds is 31. The Morgan fingerprint density at radius 2 is 0.352 bits per heavy atom. The fraction of sp³-hybridized carbons (Fsp3) is 1.00. The highest BCUT2D eigenvalue weighted by Crippen LogP contribution is 2.66. The molecule has 326 valence electrons. The summed E-state index contributed by atoms with van der Waals surface area (Å²) in [5.41, 5.74) is 0. The van der Waals surface area contributed by atoms with E-state index in [1.807, 2.05) is 0 Å². The highest BCUT2D eigenvalue weighted by Gasteiger charge is 2.97. The normalized spacial score (nSPS) is 15.0. The van der Waals surface area contributed by atoms with Gasteiger partial charge in [0.05, 0.1) is 0 Å². The van der Waals surface area contributed by atoms with Crippen molar-refractivity contribution in [2.75, 3.05) is 13.2 Å². The molecule has 0 aromatic rings. The maximum Gasteiger partial charge on any atom is 0.385 e. The van der Waals surface area contributed by atoms with E-state index in [1.165, 1.54) is 0 Å². The molecule has 0 saturated carbocycles. The molecule has 0 aromatic heterocycles. The maximum atomic E-state index is 14.2. The summed E-state index contributed by atoms with van der Waals surface area (Å²) < 4.78 is 284. The van der Waals surface area contributed by atoms with Crippen LogP contribution in [0.3, 0.4) is 0 Å². The van der Waals surface area contributed by atoms with Gasteiger partial charge in [0.25, 0.3) is 0 Å². The van der Waals surface area contributed by atoms with Gasteiger partial charge in [-0.2, -0.15) is 87.8 Å². The molecule has 22 heteroatoms. The van der Waals surface area contributed by atoms with Crippen LogP contribution in [0.2, 0.25) is 0 Å². The molecule has 2 N–H and O–H groups in total. The predicted octanol–water partition coefficient (Wildman–Crippen LogP) is 13.1. The van der Waals surface area contributed by atoms with Crippen LogP contribution in [0.4, 0.5) is 87.8 Å². The first-order valence-corrected chi connectivity index (χ1v) is 17.4. The van der Waals surface area contributed by atoms with Gasteiger partial charge in [0.15, 0.2) is 0 Å². The first-order chi connectivity index (χ1) is 24.4. The van der Waals surface area contributed by atoms with Gasteiger partial charge in [-0.05, 0) is 25.7 Å². The average molecular weight is 843 g/mol. The summed E-state index contributed by atoms with van der Waals surface area (Å²) >= 11 is 0. The molecule has 0 aliphatic carbocycles. The van der Waals surface area contributed by atoms with Gasteiger partial charge in [-0.25, -0.2) is 0 Å². The number of hydrogen-bond acceptors (Lipinski definition) is 2. The van der Waals surface area contributed by atoms with E-state index >= 15 is 0 Å². The number of unbranched alkanes of at least 4 members (excludes halogenated alkanes) is 16. The molecule has 0 bridgehead atoms. The highest BCUT2D eigenvalue weighted by atomic mass is 19.4. The number of alkyl halides is 20. The van der Waals surface area contributed by atoms with Gasteiger partial charge in [0, 0.05) is 26.1 Å². The van der Waals surface area contributed by atoms with Crippen molar-refractivity contribution >= 4 is 0 Å². The van der Waals surface area contributed by atoms with Gasteiger partial charge in [0.2, 0.25) is 0 Å². The maximum absolute atomic E-state index is 14.2. The van der Waals surface area contributed by atoms with Crippen molar-refractivity contribution < 1.29 is 98.0 Å². The van der Waals surface area contributed by atoms with Crippen LogP contribution in [-0.2, 0) is 0 Å². The molecule has 2 nitrogen and oxygen atoms in total. The smallest absolute Gasteiger partial charge is 0.385 e. The fourth-order valence-corrected chi connectivity index (χ4v) is 5.35. The summed E-state index contributed by atoms with van der Waals surface area (Å²) in [5.74, 6) is -81.2. The summed E-state index contributed by atoms with van der Waals surface area (Å²) in [7, 11) is 0. The predicted molar refractivity (Wildman–Crippen MR) is 156 cm³/mol. The van der Waals surface area contributed by atoms with Crippen molar-refractivity contribution in [3.8, 4) is 0 Å². The molecule has 0 amide bonds. The summed E-state index contributed by atoms with van der Waals surface area (Å²) in [6.45, 7) is -0.162. The SMILES string of the molecule is OCCCCCCCCCCCC(F)(F)C(F)(F)C(F)(F)C(F)(F)C(F)(F)C(F)(F)C(F)(F)C(F)(F)C(F)(F)C(F)(F)CCCCCCCCCCCO. The van der Waals surface area contributed by atoms with E-state index in [-0.39, 0.29) is 38.9 Å². The lowest BCUT2D eigenvalue weighted by molar-refractivity contribution is -0.469. The van der Waals surface area contributed by atoms with Crippen molar-refractivity contribution in [1.82, 2.24) is 0 Å². The third-order valence-corrected chi connectivity index (χ3v) is 8.98. The third kappa shape index (κ3) is 11.1. The van der Waals surface area contributed by atoms with Gasteiger partial charge in [-0.3, -0.25) is 0 Å². The van der Waals surface area contributed by atoms with E-state index in [9.17, 15) is 87.8 Å². The van der Waals surface area contributed by atoms with Crippen LogP contribution in [0.25, 0.3) is 0 Å². The second kappa shape index (κ2) is 20.3. The molecule has 0 heterocycles. The van der Waals surface area contributed by atoms with Gasteiger partial charge >= 0.3 is 59.2 Å². The van der Waals surface area contributed by atoms with Crippen LogP contribution < -0.4 is 0 Å². The Kier molecular flexibility index (Phi) is 19.7. The van der Waals surface area contributed by atoms with Crippen LogP contribution in [0.15, 0.2) is 0 Å². The monoisotopic (exact) mass is 842 g/mol. The minimum Gasteiger partial charge on any atom is -0.396 e. The van der Waals surface area contributed by atoms with Gasteiger partial charge in [0.1, 0.15) is 0 Å². The van der Waals surface area contributed by atoms with Gasteiger partial charge in [-0.15, -0.1) is 0 Å². The zero-order chi connectivity index (χ0) is 42.6. The van der Waals surface area contributed by atoms with Crippen LogP contribution in [-0.4, -0.2) is 82.7 Å². The Morgan fingerprint density at radius 3 is 0.537 bits per heavy atom. The molecule has 0 fully saturated rings. The van der Waals surface area contributed by atoms with Crippen molar-refractivity contribution in [3.63, 3.8) is 0 Å². The molecule has 0 spiro atoms. The molecule has 0 aromatic carbocycles. The lowest BCUT2D eigenvalue weighted by atomic mass is 9.84. The van der Waals surface area contributed by atoms with E-state index < -0.39 is 97.8 Å². The number of aliphatic hydroxyl groups excluding tert-OH is 2. The Hall–Kier alpha value is -1.48. The van der Waals surface area contributed by atoms with Crippen LogP contribution in [0.1, 0.15) is 128 Å². The lowest BCUT2D eigenvalue weighted by Gasteiger charge is -2.45. The summed E-state index contributed by atoms with van der Waals surface area (Å²) in [6.07, 6.45) is -2.46. The lowest BCUT2D eigenvalue weighted by Crippen LogP contribution is -2.77. The topological polar surface area (TPSA) is 40.5 Å². The second-order valence-electron chi connectivity index (χ2n) is 13.3. The molecule has 0 radical (unpaired) electrons. The molecule has 0 unspecified atom stereocenters. The van der Waals surface area contributed by atoms with Crippen LogP contribution in [0, 0.1) is 0 Å². The van der Waals surface area contributed by atoms with Crippen molar-refractivity contribution in [1.29, 1.82) is 0 Å². The number of aliphatic hydroxyl groups is 2. The van der Waals surface area contributed by atoms with Crippen LogP contribution >= 0.6 is 0 Å². The van der Waals surface area contributed by atoms with Crippen molar-refractivity contribution in [3.05, 3.63) is 0 Å². The van der Waals surface area contributed by atoms with Gasteiger partial charge < -0.3 is 10.2 Å². The Morgan fingerprint density at radius 1 is 0.204 bits per heavy atom. The number of halogens is 20. The fourth-order valence-electron chi connectivity index (χ4n) is 5.35. The van der Waals surface area contributed by atoms with Gasteiger partial charge in [-0.1, -0.05) is 89.9 Å². The molecular weight excluding hydrogens is 796 g/mol. The second-order valence-corrected chi connectivity index (χ2v) is 13.3. The zero-order valence-corrected chi connectivity index (χ0v) is 29.0. The van der Waals surface area contributed by atoms with Crippen molar-refractivity contribution in [2.45, 2.75) is 188 Å². The quantitative estimate of drug-likeness (QED) is 0.0539. The summed E-state index contributed by atoms with van der Waals surface area (Å²) in [5, 5.41) is 17.3. The largest absolute Gasteiger partial charge is 0.396 e. The highest BCUT2D eigenvalue weighted by molar-refractivity contribution is 5.18. The van der Waals surface area contributed by atoms with E-state index in [1.54, 1.807) is 0 Å². The van der Waals surface area contributed by atoms with E-state index in [0.29, 0.717) is 64.2 Å². The Bertz CT molecular complexity index is 983. The van der Waals surface area contributed by atoms with E-state index in [4.69, 9.17) is 10.2 Å². The average Bonchev–Trinajstić information content (AvgIpc) is 3.05.